The molecule has 0 aliphatic heterocycles. The first-order valence-corrected chi connectivity index (χ1v) is 5.35. The number of nitrogens with one attached hydrogen (secondary N) is 1. The van der Waals surface area contributed by atoms with E-state index < -0.39 is 0 Å². The fourth-order valence-corrected chi connectivity index (χ4v) is 1.13. The van der Waals surface area contributed by atoms with E-state index in [2.05, 4.69) is 23.0 Å². The van der Waals surface area contributed by atoms with Gasteiger partial charge in [0.2, 0.25) is 0 Å². The van der Waals surface area contributed by atoms with E-state index in [9.17, 15) is 0 Å². The molecule has 84 valence electrons. The molecule has 0 fully saturated rings. The molecule has 0 spiro atoms. The van der Waals surface area contributed by atoms with Gasteiger partial charge in [-0.3, -0.25) is 10.3 Å². The van der Waals surface area contributed by atoms with Crippen LogP contribution in [0, 0.1) is 0 Å². The number of hydrogen-bond acceptors (Lipinski definition) is 2. The van der Waals surface area contributed by atoms with Gasteiger partial charge in [0.05, 0.1) is 6.67 Å². The Morgan fingerprint density at radius 3 is 2.67 bits per heavy atom. The fourth-order valence-electron chi connectivity index (χ4n) is 1.13. The first-order valence-electron chi connectivity index (χ1n) is 5.35. The maximum Gasteiger partial charge on any atom is 0.0892 e. The molecule has 0 aromatic carbocycles. The molecule has 0 bridgehead atoms. The molecule has 2 nitrogen and oxygen atoms in total. The Morgan fingerprint density at radius 1 is 1.40 bits per heavy atom. The zero-order chi connectivity index (χ0) is 11.5. The molecule has 2 heteroatoms. The SMILES string of the molecule is C=CC(C/C=C\C)NC/N=C(C)\C=C/C. The maximum absolute atomic E-state index is 4.36. The van der Waals surface area contributed by atoms with Gasteiger partial charge in [0.25, 0.3) is 0 Å². The van der Waals surface area contributed by atoms with Gasteiger partial charge in [0, 0.05) is 11.8 Å². The smallest absolute Gasteiger partial charge is 0.0892 e. The summed E-state index contributed by atoms with van der Waals surface area (Å²) in [4.78, 5) is 4.36. The Kier molecular flexibility index (Phi) is 8.69. The highest BCUT2D eigenvalue weighted by molar-refractivity contribution is 5.92. The Labute approximate surface area is 93.5 Å². The van der Waals surface area contributed by atoms with Crippen molar-refractivity contribution < 1.29 is 0 Å². The topological polar surface area (TPSA) is 24.4 Å². The van der Waals surface area contributed by atoms with Crippen LogP contribution in [0.15, 0.2) is 42.0 Å². The summed E-state index contributed by atoms with van der Waals surface area (Å²) in [5.41, 5.74) is 1.04. The van der Waals surface area contributed by atoms with Crippen molar-refractivity contribution in [3.8, 4) is 0 Å². The third-order valence-electron chi connectivity index (χ3n) is 2.00. The molecule has 0 saturated carbocycles. The average Bonchev–Trinajstić information content (AvgIpc) is 2.23. The van der Waals surface area contributed by atoms with Crippen molar-refractivity contribution in [2.75, 3.05) is 6.67 Å². The van der Waals surface area contributed by atoms with E-state index in [4.69, 9.17) is 0 Å². The van der Waals surface area contributed by atoms with Crippen LogP contribution < -0.4 is 5.32 Å². The summed E-state index contributed by atoms with van der Waals surface area (Å²) in [5.74, 6) is 0. The second-order valence-electron chi connectivity index (χ2n) is 3.31. The lowest BCUT2D eigenvalue weighted by Crippen LogP contribution is -2.26. The van der Waals surface area contributed by atoms with Gasteiger partial charge in [-0.25, -0.2) is 0 Å². The van der Waals surface area contributed by atoms with Crippen LogP contribution in [0.1, 0.15) is 27.2 Å². The lowest BCUT2D eigenvalue weighted by molar-refractivity contribution is 0.613. The normalized spacial score (nSPS) is 15.0. The predicted octanol–water partition coefficient (Wildman–Crippen LogP) is 3.09. The molecule has 1 N–H and O–H groups in total. The maximum atomic E-state index is 4.36. The van der Waals surface area contributed by atoms with E-state index in [-0.39, 0.29) is 0 Å². The van der Waals surface area contributed by atoms with E-state index in [1.165, 1.54) is 0 Å². The molecule has 0 aromatic rings. The molecule has 1 unspecified atom stereocenters. The van der Waals surface area contributed by atoms with Crippen molar-refractivity contribution >= 4 is 5.71 Å². The van der Waals surface area contributed by atoms with Gasteiger partial charge in [0.1, 0.15) is 0 Å². The van der Waals surface area contributed by atoms with Crippen molar-refractivity contribution in [2.24, 2.45) is 4.99 Å². The molecule has 0 aliphatic carbocycles. The molecule has 0 heterocycles. The predicted molar refractivity (Wildman–Crippen MR) is 69.3 cm³/mol. The van der Waals surface area contributed by atoms with Gasteiger partial charge in [0.15, 0.2) is 0 Å². The van der Waals surface area contributed by atoms with E-state index >= 15 is 0 Å². The van der Waals surface area contributed by atoms with Crippen LogP contribution in [0.5, 0.6) is 0 Å². The first kappa shape index (κ1) is 13.8. The minimum atomic E-state index is 0.309. The molecule has 0 aromatic heterocycles. The highest BCUT2D eigenvalue weighted by Gasteiger charge is 1.98. The average molecular weight is 206 g/mol. The van der Waals surface area contributed by atoms with Gasteiger partial charge in [-0.2, -0.15) is 0 Å². The Bertz CT molecular complexity index is 249. The van der Waals surface area contributed by atoms with Crippen LogP contribution >= 0.6 is 0 Å². The standard InChI is InChI=1S/C13H22N2/c1-5-8-10-13(7-3)15-11-14-12(4)9-6-2/h5-9,13,15H,3,10-11H2,1-2,4H3/b8-5-,9-6-,14-12-. The molecule has 0 saturated heterocycles. The monoisotopic (exact) mass is 206 g/mol. The number of allylic oxidation sites excluding steroid dienone is 3. The highest BCUT2D eigenvalue weighted by atomic mass is 15.0. The molecular weight excluding hydrogens is 184 g/mol. The molecule has 0 amide bonds. The summed E-state index contributed by atoms with van der Waals surface area (Å²) in [6.07, 6.45) is 11.0. The van der Waals surface area contributed by atoms with Gasteiger partial charge in [-0.1, -0.05) is 24.3 Å². The van der Waals surface area contributed by atoms with Crippen LogP contribution in [0.25, 0.3) is 0 Å². The summed E-state index contributed by atoms with van der Waals surface area (Å²) in [6, 6.07) is 0.309. The number of rotatable bonds is 7. The van der Waals surface area contributed by atoms with Crippen LogP contribution in [0.2, 0.25) is 0 Å². The fraction of sp³-hybridized carbons (Fsp3) is 0.462. The van der Waals surface area contributed by atoms with Crippen LogP contribution in [-0.2, 0) is 0 Å². The van der Waals surface area contributed by atoms with Gasteiger partial charge >= 0.3 is 0 Å². The number of nitrogens with zero attached hydrogens (tertiary/aromatic N) is 1. The number of aliphatic imine (C=N–C) groups is 1. The molecule has 1 atom stereocenters. The van der Waals surface area contributed by atoms with Crippen molar-refractivity contribution in [1.82, 2.24) is 5.32 Å². The van der Waals surface area contributed by atoms with Crippen molar-refractivity contribution in [1.29, 1.82) is 0 Å². The summed E-state index contributed by atoms with van der Waals surface area (Å²) >= 11 is 0. The van der Waals surface area contributed by atoms with Gasteiger partial charge in [-0.15, -0.1) is 6.58 Å². The van der Waals surface area contributed by atoms with Gasteiger partial charge in [-0.05, 0) is 33.3 Å². The minimum absolute atomic E-state index is 0.309. The summed E-state index contributed by atoms with van der Waals surface area (Å²) < 4.78 is 0. The van der Waals surface area contributed by atoms with Crippen LogP contribution in [-0.4, -0.2) is 18.4 Å². The summed E-state index contributed by atoms with van der Waals surface area (Å²) in [5, 5.41) is 3.30. The van der Waals surface area contributed by atoms with Gasteiger partial charge < -0.3 is 0 Å². The highest BCUT2D eigenvalue weighted by Crippen LogP contribution is 1.94. The lowest BCUT2D eigenvalue weighted by atomic mass is 10.2. The van der Waals surface area contributed by atoms with E-state index in [0.29, 0.717) is 12.7 Å². The van der Waals surface area contributed by atoms with Crippen molar-refractivity contribution in [3.63, 3.8) is 0 Å². The van der Waals surface area contributed by atoms with Crippen LogP contribution in [0.3, 0.4) is 0 Å². The van der Waals surface area contributed by atoms with E-state index in [1.807, 2.05) is 45.1 Å². The van der Waals surface area contributed by atoms with Crippen molar-refractivity contribution in [2.45, 2.75) is 33.2 Å². The van der Waals surface area contributed by atoms with Crippen LogP contribution in [0.4, 0.5) is 0 Å². The zero-order valence-corrected chi connectivity index (χ0v) is 10.0. The summed E-state index contributed by atoms with van der Waals surface area (Å²) in [7, 11) is 0. The quantitative estimate of drug-likeness (QED) is 0.502. The van der Waals surface area contributed by atoms with Crippen molar-refractivity contribution in [3.05, 3.63) is 37.0 Å². The third kappa shape index (κ3) is 7.89. The molecule has 0 rings (SSSR count). The third-order valence-corrected chi connectivity index (χ3v) is 2.00. The molecule has 0 radical (unpaired) electrons. The first-order chi connectivity index (χ1) is 7.24. The van der Waals surface area contributed by atoms with E-state index in [1.54, 1.807) is 0 Å². The zero-order valence-electron chi connectivity index (χ0n) is 10.0. The second-order valence-corrected chi connectivity index (χ2v) is 3.31. The molecule has 15 heavy (non-hydrogen) atoms. The molecular formula is C13H22N2. The Hall–Kier alpha value is -1.15. The number of hydrogen-bond donors (Lipinski definition) is 1. The Balaban J connectivity index is 3.90. The molecule has 0 aliphatic rings. The summed E-state index contributed by atoms with van der Waals surface area (Å²) in [6.45, 7) is 10.4. The lowest BCUT2D eigenvalue weighted by Gasteiger charge is -2.10. The second kappa shape index (κ2) is 9.41. The largest absolute Gasteiger partial charge is 0.292 e. The van der Waals surface area contributed by atoms with E-state index in [0.717, 1.165) is 12.1 Å². The Morgan fingerprint density at radius 2 is 2.13 bits per heavy atom. The minimum Gasteiger partial charge on any atom is -0.292 e.